The molecule has 1 unspecified atom stereocenters. The molecular formula is C10H12ClN3O. The summed E-state index contributed by atoms with van der Waals surface area (Å²) in [4.78, 5) is 0. The van der Waals surface area contributed by atoms with E-state index < -0.39 is 0 Å². The van der Waals surface area contributed by atoms with Crippen molar-refractivity contribution in [2.75, 3.05) is 7.05 Å². The van der Waals surface area contributed by atoms with Crippen LogP contribution in [0.1, 0.15) is 17.4 Å². The molecule has 1 N–H and O–H groups in total. The zero-order chi connectivity index (χ0) is 10.8. The van der Waals surface area contributed by atoms with Crippen molar-refractivity contribution < 1.29 is 4.42 Å². The van der Waals surface area contributed by atoms with Crippen LogP contribution < -0.4 is 5.32 Å². The molecule has 2 heterocycles. The van der Waals surface area contributed by atoms with E-state index in [-0.39, 0.29) is 6.04 Å². The summed E-state index contributed by atoms with van der Waals surface area (Å²) in [6.07, 6.45) is 3.75. The second-order valence-corrected chi connectivity index (χ2v) is 3.68. The van der Waals surface area contributed by atoms with E-state index in [0.29, 0.717) is 5.22 Å². The molecule has 0 aromatic carbocycles. The lowest BCUT2D eigenvalue weighted by molar-refractivity contribution is 0.464. The zero-order valence-electron chi connectivity index (χ0n) is 8.57. The SMILES string of the molecule is CNC(c1cnn(C)c1)c1ccc(Cl)o1. The van der Waals surface area contributed by atoms with Crippen molar-refractivity contribution in [1.29, 1.82) is 0 Å². The van der Waals surface area contributed by atoms with Crippen LogP contribution in [0.15, 0.2) is 28.9 Å². The molecule has 15 heavy (non-hydrogen) atoms. The largest absolute Gasteiger partial charge is 0.448 e. The molecule has 2 aromatic heterocycles. The van der Waals surface area contributed by atoms with Gasteiger partial charge in [0, 0.05) is 18.8 Å². The highest BCUT2D eigenvalue weighted by Crippen LogP contribution is 2.24. The average Bonchev–Trinajstić information content (AvgIpc) is 2.78. The lowest BCUT2D eigenvalue weighted by atomic mass is 10.1. The first-order chi connectivity index (χ1) is 7.20. The zero-order valence-corrected chi connectivity index (χ0v) is 9.32. The summed E-state index contributed by atoms with van der Waals surface area (Å²) in [5, 5.41) is 7.67. The molecular weight excluding hydrogens is 214 g/mol. The maximum Gasteiger partial charge on any atom is 0.193 e. The number of halogens is 1. The number of aromatic nitrogens is 2. The van der Waals surface area contributed by atoms with Gasteiger partial charge in [0.2, 0.25) is 0 Å². The summed E-state index contributed by atoms with van der Waals surface area (Å²) in [5.74, 6) is 0.788. The molecule has 80 valence electrons. The van der Waals surface area contributed by atoms with Crippen molar-refractivity contribution in [2.45, 2.75) is 6.04 Å². The standard InChI is InChI=1S/C10H12ClN3O/c1-12-10(7-5-13-14(2)6-7)8-3-4-9(11)15-8/h3-6,10,12H,1-2H3. The van der Waals surface area contributed by atoms with Gasteiger partial charge in [-0.25, -0.2) is 0 Å². The summed E-state index contributed by atoms with van der Waals surface area (Å²) >= 11 is 5.74. The summed E-state index contributed by atoms with van der Waals surface area (Å²) in [7, 11) is 3.75. The van der Waals surface area contributed by atoms with Crippen LogP contribution in [-0.2, 0) is 7.05 Å². The van der Waals surface area contributed by atoms with Gasteiger partial charge in [-0.3, -0.25) is 4.68 Å². The van der Waals surface area contributed by atoms with Gasteiger partial charge in [0.25, 0.3) is 0 Å². The van der Waals surface area contributed by atoms with Crippen LogP contribution in [0.2, 0.25) is 5.22 Å². The van der Waals surface area contributed by atoms with Crippen LogP contribution in [0.4, 0.5) is 0 Å². The molecule has 0 aliphatic rings. The normalized spacial score (nSPS) is 13.0. The first-order valence-electron chi connectivity index (χ1n) is 4.61. The van der Waals surface area contributed by atoms with Crippen LogP contribution in [0, 0.1) is 0 Å². The van der Waals surface area contributed by atoms with Crippen LogP contribution in [0.5, 0.6) is 0 Å². The monoisotopic (exact) mass is 225 g/mol. The quantitative estimate of drug-likeness (QED) is 0.869. The number of nitrogens with zero attached hydrogens (tertiary/aromatic N) is 2. The average molecular weight is 226 g/mol. The maximum atomic E-state index is 5.74. The Morgan fingerprint density at radius 3 is 2.80 bits per heavy atom. The molecule has 0 aliphatic carbocycles. The predicted molar refractivity (Wildman–Crippen MR) is 57.8 cm³/mol. The number of rotatable bonds is 3. The van der Waals surface area contributed by atoms with E-state index in [4.69, 9.17) is 16.0 Å². The second-order valence-electron chi connectivity index (χ2n) is 3.31. The van der Waals surface area contributed by atoms with E-state index in [2.05, 4.69) is 10.4 Å². The Bertz CT molecular complexity index is 409. The van der Waals surface area contributed by atoms with Crippen molar-refractivity contribution >= 4 is 11.6 Å². The van der Waals surface area contributed by atoms with Crippen molar-refractivity contribution in [1.82, 2.24) is 15.1 Å². The topological polar surface area (TPSA) is 43.0 Å². The second kappa shape index (κ2) is 4.08. The lowest BCUT2D eigenvalue weighted by Gasteiger charge is -2.10. The molecule has 0 saturated carbocycles. The summed E-state index contributed by atoms with van der Waals surface area (Å²) in [6.45, 7) is 0. The highest BCUT2D eigenvalue weighted by atomic mass is 35.5. The van der Waals surface area contributed by atoms with Gasteiger partial charge in [-0.1, -0.05) is 0 Å². The molecule has 2 aromatic rings. The Labute approximate surface area is 92.8 Å². The fourth-order valence-electron chi connectivity index (χ4n) is 1.55. The Hall–Kier alpha value is -1.26. The molecule has 0 bridgehead atoms. The van der Waals surface area contributed by atoms with Gasteiger partial charge in [0.05, 0.1) is 12.2 Å². The van der Waals surface area contributed by atoms with Gasteiger partial charge in [-0.05, 0) is 30.8 Å². The Morgan fingerprint density at radius 1 is 1.53 bits per heavy atom. The smallest absolute Gasteiger partial charge is 0.193 e. The maximum absolute atomic E-state index is 5.74. The summed E-state index contributed by atoms with van der Waals surface area (Å²) < 4.78 is 7.12. The highest BCUT2D eigenvalue weighted by molar-refractivity contribution is 6.28. The van der Waals surface area contributed by atoms with Crippen molar-refractivity contribution in [3.8, 4) is 0 Å². The molecule has 0 aliphatic heterocycles. The van der Waals surface area contributed by atoms with E-state index in [1.807, 2.05) is 26.4 Å². The molecule has 4 nitrogen and oxygen atoms in total. The van der Waals surface area contributed by atoms with Gasteiger partial charge in [0.1, 0.15) is 5.76 Å². The minimum Gasteiger partial charge on any atom is -0.448 e. The van der Waals surface area contributed by atoms with Crippen molar-refractivity contribution in [3.05, 3.63) is 41.1 Å². The van der Waals surface area contributed by atoms with E-state index in [0.717, 1.165) is 11.3 Å². The molecule has 1 atom stereocenters. The van der Waals surface area contributed by atoms with Gasteiger partial charge < -0.3 is 9.73 Å². The Morgan fingerprint density at radius 2 is 2.33 bits per heavy atom. The van der Waals surface area contributed by atoms with Crippen LogP contribution in [-0.4, -0.2) is 16.8 Å². The Kier molecular flexibility index (Phi) is 2.79. The summed E-state index contributed by atoms with van der Waals surface area (Å²) in [5.41, 5.74) is 1.05. The van der Waals surface area contributed by atoms with Crippen molar-refractivity contribution in [3.63, 3.8) is 0 Å². The fraction of sp³-hybridized carbons (Fsp3) is 0.300. The van der Waals surface area contributed by atoms with E-state index in [1.54, 1.807) is 16.9 Å². The summed E-state index contributed by atoms with van der Waals surface area (Å²) in [6, 6.07) is 3.58. The molecule has 0 spiro atoms. The van der Waals surface area contributed by atoms with Gasteiger partial charge in [-0.15, -0.1) is 0 Å². The minimum atomic E-state index is -0.00815. The molecule has 0 amide bonds. The molecule has 2 rings (SSSR count). The number of hydrogen-bond donors (Lipinski definition) is 1. The van der Waals surface area contributed by atoms with Gasteiger partial charge in [-0.2, -0.15) is 5.10 Å². The highest BCUT2D eigenvalue weighted by Gasteiger charge is 2.16. The third-order valence-corrected chi connectivity index (χ3v) is 2.43. The number of nitrogens with one attached hydrogen (secondary N) is 1. The molecule has 5 heteroatoms. The van der Waals surface area contributed by atoms with Gasteiger partial charge >= 0.3 is 0 Å². The Balaban J connectivity index is 2.32. The first kappa shape index (κ1) is 10.3. The number of hydrogen-bond acceptors (Lipinski definition) is 3. The first-order valence-corrected chi connectivity index (χ1v) is 4.99. The number of furan rings is 1. The third kappa shape index (κ3) is 2.06. The molecule has 0 radical (unpaired) electrons. The third-order valence-electron chi connectivity index (χ3n) is 2.23. The van der Waals surface area contributed by atoms with Crippen molar-refractivity contribution in [2.24, 2.45) is 7.05 Å². The fourth-order valence-corrected chi connectivity index (χ4v) is 1.70. The van der Waals surface area contributed by atoms with E-state index in [1.165, 1.54) is 0 Å². The predicted octanol–water partition coefficient (Wildman–Crippen LogP) is 1.98. The number of aryl methyl sites for hydroxylation is 1. The van der Waals surface area contributed by atoms with Crippen LogP contribution in [0.25, 0.3) is 0 Å². The van der Waals surface area contributed by atoms with Crippen LogP contribution in [0.3, 0.4) is 0 Å². The van der Waals surface area contributed by atoms with E-state index >= 15 is 0 Å². The minimum absolute atomic E-state index is 0.00815. The lowest BCUT2D eigenvalue weighted by Crippen LogP contribution is -2.16. The van der Waals surface area contributed by atoms with E-state index in [9.17, 15) is 0 Å². The van der Waals surface area contributed by atoms with Gasteiger partial charge in [0.15, 0.2) is 5.22 Å². The molecule has 0 saturated heterocycles. The molecule has 0 fully saturated rings. The van der Waals surface area contributed by atoms with Crippen LogP contribution >= 0.6 is 11.6 Å².